The van der Waals surface area contributed by atoms with E-state index < -0.39 is 47.2 Å². The van der Waals surface area contributed by atoms with Crippen molar-refractivity contribution in [1.82, 2.24) is 15.1 Å². The maximum Gasteiger partial charge on any atom is 0.279 e. The molecular weight excluding hydrogens is 542 g/mol. The van der Waals surface area contributed by atoms with Crippen LogP contribution in [-0.2, 0) is 33.0 Å². The fourth-order valence-corrected chi connectivity index (χ4v) is 5.15. The molecule has 41 heavy (non-hydrogen) atoms. The molecule has 0 saturated carbocycles. The number of carbonyl (C=O) groups excluding carboxylic acids is 3. The molecule has 4 rings (SSSR count). The van der Waals surface area contributed by atoms with Crippen LogP contribution in [0.4, 0.5) is 10.1 Å². The fourth-order valence-electron chi connectivity index (χ4n) is 5.15. The summed E-state index contributed by atoms with van der Waals surface area (Å²) in [7, 11) is 2.14. The number of benzene rings is 2. The van der Waals surface area contributed by atoms with Crippen LogP contribution in [0.3, 0.4) is 0 Å². The van der Waals surface area contributed by atoms with Gasteiger partial charge in [0.15, 0.2) is 20.2 Å². The molecule has 2 atom stereocenters. The first-order valence-corrected chi connectivity index (χ1v) is 12.8. The minimum absolute atomic E-state index is 0.0608. The van der Waals surface area contributed by atoms with Gasteiger partial charge in [-0.15, -0.1) is 0 Å². The first-order chi connectivity index (χ1) is 19.3. The molecule has 2 heterocycles. The number of nitrogens with zero attached hydrogens (tertiary/aromatic N) is 2. The largest absolute Gasteiger partial charge is 0.380 e. The molecular formula is C26H32BFN4O9. The Hall–Kier alpha value is -3.44. The van der Waals surface area contributed by atoms with E-state index in [2.05, 4.69) is 15.5 Å². The van der Waals surface area contributed by atoms with Crippen molar-refractivity contribution in [3.05, 3.63) is 64.5 Å². The molecule has 0 aliphatic carbocycles. The van der Waals surface area contributed by atoms with Gasteiger partial charge in [0.25, 0.3) is 17.5 Å². The molecule has 7 N–H and O–H groups in total. The standard InChI is InChI=1S/C26H32BFN4O9/c1-29-22(34)21(25(38,39)24(36,37)14-33)32-23(35)17-3-2-4-19(20(17)26(32,27)40)30-12-16-6-5-15(11-18(16)28)13-31-7-9-41-10-8-31/h2-6,11,14,21,30,36-40H,7-10,12-13,27H2,1H3,(H,29,34). The van der Waals surface area contributed by atoms with E-state index in [0.29, 0.717) is 30.2 Å². The summed E-state index contributed by atoms with van der Waals surface area (Å²) < 4.78 is 20.3. The Morgan fingerprint density at radius 2 is 1.90 bits per heavy atom. The third-order valence-electron chi connectivity index (χ3n) is 7.39. The van der Waals surface area contributed by atoms with Crippen molar-refractivity contribution in [2.75, 3.05) is 38.7 Å². The zero-order valence-corrected chi connectivity index (χ0v) is 22.5. The molecule has 0 radical (unpaired) electrons. The topological polar surface area (TPSA) is 192 Å². The predicted molar refractivity (Wildman–Crippen MR) is 143 cm³/mol. The third-order valence-corrected chi connectivity index (χ3v) is 7.39. The van der Waals surface area contributed by atoms with Gasteiger partial charge in [0.1, 0.15) is 11.4 Å². The van der Waals surface area contributed by atoms with Crippen LogP contribution in [0.2, 0.25) is 0 Å². The molecule has 2 aliphatic heterocycles. The summed E-state index contributed by atoms with van der Waals surface area (Å²) in [5.74, 6) is -10.7. The minimum atomic E-state index is -3.95. The first kappa shape index (κ1) is 30.5. The Labute approximate surface area is 235 Å². The first-order valence-electron chi connectivity index (χ1n) is 12.8. The highest BCUT2D eigenvalue weighted by molar-refractivity contribution is 6.21. The Bertz CT molecular complexity index is 1330. The van der Waals surface area contributed by atoms with E-state index in [4.69, 9.17) is 4.74 Å². The maximum atomic E-state index is 15.0. The molecule has 2 aliphatic rings. The number of aldehydes is 1. The van der Waals surface area contributed by atoms with Crippen molar-refractivity contribution in [1.29, 1.82) is 0 Å². The summed E-state index contributed by atoms with van der Waals surface area (Å²) in [6.07, 6.45) is -0.626. The van der Waals surface area contributed by atoms with E-state index >= 15 is 0 Å². The number of hydrogen-bond acceptors (Lipinski definition) is 11. The van der Waals surface area contributed by atoms with E-state index in [1.165, 1.54) is 24.3 Å². The van der Waals surface area contributed by atoms with Gasteiger partial charge in [-0.2, -0.15) is 0 Å². The number of carbonyl (C=O) groups is 3. The minimum Gasteiger partial charge on any atom is -0.380 e. The Morgan fingerprint density at radius 3 is 2.51 bits per heavy atom. The highest BCUT2D eigenvalue weighted by Gasteiger charge is 2.64. The number of aliphatic hydroxyl groups is 5. The molecule has 0 spiro atoms. The van der Waals surface area contributed by atoms with Gasteiger partial charge in [-0.1, -0.05) is 18.2 Å². The van der Waals surface area contributed by atoms with Gasteiger partial charge in [-0.3, -0.25) is 24.2 Å². The van der Waals surface area contributed by atoms with E-state index in [0.717, 1.165) is 33.5 Å². The number of nitrogens with one attached hydrogen (secondary N) is 2. The lowest BCUT2D eigenvalue weighted by Gasteiger charge is -2.44. The highest BCUT2D eigenvalue weighted by atomic mass is 19.1. The van der Waals surface area contributed by atoms with Crippen LogP contribution >= 0.6 is 0 Å². The van der Waals surface area contributed by atoms with Crippen molar-refractivity contribution < 1.29 is 49.0 Å². The Morgan fingerprint density at radius 1 is 1.22 bits per heavy atom. The summed E-state index contributed by atoms with van der Waals surface area (Å²) >= 11 is 0. The Kier molecular flexibility index (Phi) is 8.52. The number of likely N-dealkylation sites (N-methyl/N-ethyl adjacent to an activating group) is 1. The van der Waals surface area contributed by atoms with E-state index in [1.54, 1.807) is 12.1 Å². The maximum absolute atomic E-state index is 15.0. The molecule has 2 amide bonds. The van der Waals surface area contributed by atoms with E-state index in [1.807, 2.05) is 0 Å². The average Bonchev–Trinajstić information content (AvgIpc) is 3.14. The van der Waals surface area contributed by atoms with Crippen molar-refractivity contribution >= 4 is 31.6 Å². The number of fused-ring (bicyclic) bond motifs is 1. The van der Waals surface area contributed by atoms with Gasteiger partial charge >= 0.3 is 0 Å². The van der Waals surface area contributed by atoms with Crippen molar-refractivity contribution in [2.45, 2.75) is 36.3 Å². The third kappa shape index (κ3) is 5.57. The van der Waals surface area contributed by atoms with Gasteiger partial charge < -0.3 is 40.9 Å². The molecule has 1 saturated heterocycles. The lowest BCUT2D eigenvalue weighted by atomic mass is 9.81. The summed E-state index contributed by atoms with van der Waals surface area (Å²) in [4.78, 5) is 39.9. The van der Waals surface area contributed by atoms with Crippen LogP contribution in [0, 0.1) is 5.82 Å². The molecule has 220 valence electrons. The number of hydrogen-bond donors (Lipinski definition) is 7. The molecule has 2 aromatic rings. The van der Waals surface area contributed by atoms with Crippen LogP contribution in [0.1, 0.15) is 27.0 Å². The summed E-state index contributed by atoms with van der Waals surface area (Å²) in [6, 6.07) is 6.53. The molecule has 15 heteroatoms. The van der Waals surface area contributed by atoms with Gasteiger partial charge in [0.05, 0.1) is 13.2 Å². The highest BCUT2D eigenvalue weighted by Crippen LogP contribution is 2.43. The average molecular weight is 574 g/mol. The monoisotopic (exact) mass is 574 g/mol. The smallest absolute Gasteiger partial charge is 0.279 e. The van der Waals surface area contributed by atoms with Gasteiger partial charge in [-0.05, 0) is 23.8 Å². The van der Waals surface area contributed by atoms with Crippen LogP contribution in [0.5, 0.6) is 0 Å². The van der Waals surface area contributed by atoms with Crippen LogP contribution < -0.4 is 10.6 Å². The van der Waals surface area contributed by atoms with Crippen molar-refractivity contribution in [3.8, 4) is 0 Å². The van der Waals surface area contributed by atoms with Gasteiger partial charge in [0, 0.05) is 55.6 Å². The zero-order chi connectivity index (χ0) is 30.2. The Balaban J connectivity index is 1.62. The molecule has 0 aromatic heterocycles. The molecule has 2 aromatic carbocycles. The van der Waals surface area contributed by atoms with E-state index in [-0.39, 0.29) is 23.4 Å². The molecule has 1 fully saturated rings. The zero-order valence-electron chi connectivity index (χ0n) is 22.5. The number of halogens is 1. The number of ether oxygens (including phenoxy) is 1. The quantitative estimate of drug-likeness (QED) is 0.0877. The summed E-state index contributed by atoms with van der Waals surface area (Å²) in [5.41, 5.74) is -1.45. The molecule has 13 nitrogen and oxygen atoms in total. The van der Waals surface area contributed by atoms with Crippen molar-refractivity contribution in [2.24, 2.45) is 0 Å². The second-order valence-electron chi connectivity index (χ2n) is 10.2. The summed E-state index contributed by atoms with van der Waals surface area (Å²) in [6.45, 7) is 3.25. The normalized spacial score (nSPS) is 20.5. The number of amides is 2. The van der Waals surface area contributed by atoms with E-state index in [9.17, 15) is 44.3 Å². The summed E-state index contributed by atoms with van der Waals surface area (Å²) in [5, 5.41) is 57.6. The fraction of sp³-hybridized carbons (Fsp3) is 0.423. The van der Waals surface area contributed by atoms with Crippen molar-refractivity contribution in [3.63, 3.8) is 0 Å². The SMILES string of the molecule is BC1(O)c2c(NCc3ccc(CN4CCOCC4)cc3F)cccc2C(=O)N1C(C(=O)NC)C(O)(O)C(O)(O)C=O. The lowest BCUT2D eigenvalue weighted by Crippen LogP contribution is -2.73. The second-order valence-corrected chi connectivity index (χ2v) is 10.2. The second kappa shape index (κ2) is 11.4. The van der Waals surface area contributed by atoms with Crippen LogP contribution in [0.25, 0.3) is 0 Å². The predicted octanol–water partition coefficient (Wildman–Crippen LogP) is -2.86. The number of anilines is 1. The lowest BCUT2D eigenvalue weighted by molar-refractivity contribution is -0.349. The molecule has 0 bridgehead atoms. The van der Waals surface area contributed by atoms with Crippen LogP contribution in [0.15, 0.2) is 36.4 Å². The van der Waals surface area contributed by atoms with Gasteiger partial charge in [-0.25, -0.2) is 4.39 Å². The van der Waals surface area contributed by atoms with Crippen LogP contribution in [-0.4, -0.2) is 112 Å². The molecule has 2 unspecified atom stereocenters. The number of rotatable bonds is 10. The van der Waals surface area contributed by atoms with Gasteiger partial charge in [0.2, 0.25) is 5.91 Å². The number of morpholine rings is 1.